The third kappa shape index (κ3) is 3.39. The molecule has 3 aromatic carbocycles. The SMILES string of the molecule is COc1ccc(C2C3=C(Nc4ncnn42)c2cc(Cl)ccc2OC3c2ccc(Br)cc2)cc1. The van der Waals surface area contributed by atoms with Gasteiger partial charge >= 0.3 is 0 Å². The van der Waals surface area contributed by atoms with Crippen molar-refractivity contribution in [3.05, 3.63) is 105 Å². The minimum Gasteiger partial charge on any atom is -0.497 e. The third-order valence-electron chi connectivity index (χ3n) is 5.98. The van der Waals surface area contributed by atoms with Crippen molar-refractivity contribution in [2.45, 2.75) is 12.1 Å². The lowest BCUT2D eigenvalue weighted by Gasteiger charge is -2.39. The van der Waals surface area contributed by atoms with Gasteiger partial charge in [0, 0.05) is 20.6 Å². The van der Waals surface area contributed by atoms with Crippen LogP contribution in [0, 0.1) is 0 Å². The van der Waals surface area contributed by atoms with E-state index in [1.807, 2.05) is 47.1 Å². The summed E-state index contributed by atoms with van der Waals surface area (Å²) < 4.78 is 14.9. The maximum atomic E-state index is 6.61. The molecule has 2 unspecified atom stereocenters. The molecule has 2 aliphatic rings. The van der Waals surface area contributed by atoms with Crippen molar-refractivity contribution in [3.63, 3.8) is 0 Å². The Hall–Kier alpha value is -3.29. The molecule has 0 radical (unpaired) electrons. The fourth-order valence-corrected chi connectivity index (χ4v) is 4.90. The minimum absolute atomic E-state index is 0.231. The van der Waals surface area contributed by atoms with E-state index in [9.17, 15) is 0 Å². The van der Waals surface area contributed by atoms with Crippen molar-refractivity contribution in [2.24, 2.45) is 0 Å². The second-order valence-electron chi connectivity index (χ2n) is 7.85. The largest absolute Gasteiger partial charge is 0.497 e. The van der Waals surface area contributed by atoms with E-state index in [1.165, 1.54) is 0 Å². The van der Waals surface area contributed by atoms with Crippen LogP contribution in [-0.4, -0.2) is 21.9 Å². The number of hydrogen-bond acceptors (Lipinski definition) is 5. The van der Waals surface area contributed by atoms with Crippen molar-refractivity contribution in [1.82, 2.24) is 14.8 Å². The zero-order valence-electron chi connectivity index (χ0n) is 17.5. The van der Waals surface area contributed by atoms with Crippen LogP contribution in [0.5, 0.6) is 11.5 Å². The molecule has 0 saturated heterocycles. The van der Waals surface area contributed by atoms with Gasteiger partial charge in [-0.2, -0.15) is 10.1 Å². The number of nitrogens with zero attached hydrogens (tertiary/aromatic N) is 3. The zero-order chi connectivity index (χ0) is 22.5. The van der Waals surface area contributed by atoms with Gasteiger partial charge in [-0.15, -0.1) is 0 Å². The van der Waals surface area contributed by atoms with Crippen molar-refractivity contribution in [3.8, 4) is 11.5 Å². The standard InChI is InChI=1S/C25H18BrClN4O2/c1-32-18-9-4-14(5-10-18)23-21-22(30-25-28-13-29-31(23)25)19-12-17(27)8-11-20(19)33-24(21)15-2-6-16(26)7-3-15/h2-13,23-24H,1H3,(H,28,29,30). The minimum atomic E-state index is -0.335. The quantitative estimate of drug-likeness (QED) is 0.345. The molecule has 1 aromatic heterocycles. The van der Waals surface area contributed by atoms with Crippen molar-refractivity contribution >= 4 is 39.2 Å². The second-order valence-corrected chi connectivity index (χ2v) is 9.20. The van der Waals surface area contributed by atoms with Gasteiger partial charge in [0.1, 0.15) is 30.0 Å². The average molecular weight is 522 g/mol. The van der Waals surface area contributed by atoms with Crippen molar-refractivity contribution in [2.75, 3.05) is 12.4 Å². The van der Waals surface area contributed by atoms with E-state index in [1.54, 1.807) is 13.4 Å². The monoisotopic (exact) mass is 520 g/mol. The van der Waals surface area contributed by atoms with Gasteiger partial charge in [0.05, 0.1) is 12.8 Å². The second kappa shape index (κ2) is 7.93. The van der Waals surface area contributed by atoms with E-state index >= 15 is 0 Å². The number of anilines is 1. The summed E-state index contributed by atoms with van der Waals surface area (Å²) in [6, 6.07) is 21.7. The predicted octanol–water partition coefficient (Wildman–Crippen LogP) is 6.26. The Balaban J connectivity index is 1.61. The molecular formula is C25H18BrClN4O2. The molecule has 0 aliphatic carbocycles. The van der Waals surface area contributed by atoms with Crippen LogP contribution >= 0.6 is 27.5 Å². The molecule has 2 aliphatic heterocycles. The highest BCUT2D eigenvalue weighted by atomic mass is 79.9. The molecule has 0 spiro atoms. The summed E-state index contributed by atoms with van der Waals surface area (Å²) in [7, 11) is 1.66. The number of nitrogens with one attached hydrogen (secondary N) is 1. The van der Waals surface area contributed by atoms with Gasteiger partial charge in [0.2, 0.25) is 5.95 Å². The molecule has 0 saturated carbocycles. The molecule has 3 heterocycles. The molecule has 6 nitrogen and oxygen atoms in total. The van der Waals surface area contributed by atoms with E-state index in [0.717, 1.165) is 43.9 Å². The van der Waals surface area contributed by atoms with Gasteiger partial charge in [-0.05, 0) is 53.6 Å². The number of rotatable bonds is 3. The Bertz CT molecular complexity index is 1380. The lowest BCUT2D eigenvalue weighted by Crippen LogP contribution is -2.32. The van der Waals surface area contributed by atoms with Crippen LogP contribution in [0.1, 0.15) is 28.8 Å². The molecule has 164 valence electrons. The van der Waals surface area contributed by atoms with Gasteiger partial charge in [-0.1, -0.05) is 51.8 Å². The first kappa shape index (κ1) is 20.3. The molecule has 1 N–H and O–H groups in total. The molecule has 0 bridgehead atoms. The maximum Gasteiger partial charge on any atom is 0.226 e. The number of hydrogen-bond donors (Lipinski definition) is 1. The predicted molar refractivity (Wildman–Crippen MR) is 131 cm³/mol. The summed E-state index contributed by atoms with van der Waals surface area (Å²) in [5, 5.41) is 8.68. The topological polar surface area (TPSA) is 61.2 Å². The van der Waals surface area contributed by atoms with Gasteiger partial charge < -0.3 is 14.8 Å². The fourth-order valence-electron chi connectivity index (χ4n) is 4.46. The number of fused-ring (bicyclic) bond motifs is 3. The summed E-state index contributed by atoms with van der Waals surface area (Å²) >= 11 is 9.92. The van der Waals surface area contributed by atoms with Crippen LogP contribution < -0.4 is 14.8 Å². The molecule has 8 heteroatoms. The van der Waals surface area contributed by atoms with Crippen molar-refractivity contribution < 1.29 is 9.47 Å². The number of halogens is 2. The number of benzene rings is 3. The molecule has 4 aromatic rings. The van der Waals surface area contributed by atoms with E-state index in [2.05, 4.69) is 55.6 Å². The first-order valence-electron chi connectivity index (χ1n) is 10.4. The van der Waals surface area contributed by atoms with Gasteiger partial charge in [0.25, 0.3) is 0 Å². The van der Waals surface area contributed by atoms with Crippen LogP contribution in [-0.2, 0) is 0 Å². The Morgan fingerprint density at radius 2 is 1.79 bits per heavy atom. The Labute approximate surface area is 204 Å². The third-order valence-corrected chi connectivity index (χ3v) is 6.74. The highest BCUT2D eigenvalue weighted by Gasteiger charge is 2.41. The van der Waals surface area contributed by atoms with Gasteiger partial charge in [-0.25, -0.2) is 4.68 Å². The normalized spacial score (nSPS) is 18.5. The Morgan fingerprint density at radius 1 is 1.03 bits per heavy atom. The van der Waals surface area contributed by atoms with Gasteiger partial charge in [-0.3, -0.25) is 0 Å². The first-order valence-corrected chi connectivity index (χ1v) is 11.6. The van der Waals surface area contributed by atoms with Crippen molar-refractivity contribution in [1.29, 1.82) is 0 Å². The highest BCUT2D eigenvalue weighted by molar-refractivity contribution is 9.10. The van der Waals surface area contributed by atoms with Crippen LogP contribution in [0.2, 0.25) is 5.02 Å². The molecular weight excluding hydrogens is 504 g/mol. The number of ether oxygens (including phenoxy) is 2. The summed E-state index contributed by atoms with van der Waals surface area (Å²) in [6.45, 7) is 0. The molecule has 2 atom stereocenters. The molecule has 6 rings (SSSR count). The van der Waals surface area contributed by atoms with E-state index in [4.69, 9.17) is 21.1 Å². The smallest absolute Gasteiger partial charge is 0.226 e. The van der Waals surface area contributed by atoms with Gasteiger partial charge in [0.15, 0.2) is 0 Å². The molecule has 33 heavy (non-hydrogen) atoms. The molecule has 0 amide bonds. The summed E-state index contributed by atoms with van der Waals surface area (Å²) in [5.74, 6) is 2.22. The van der Waals surface area contributed by atoms with E-state index in [-0.39, 0.29) is 12.1 Å². The summed E-state index contributed by atoms with van der Waals surface area (Å²) in [4.78, 5) is 4.46. The summed E-state index contributed by atoms with van der Waals surface area (Å²) in [5.41, 5.74) is 4.96. The van der Waals surface area contributed by atoms with Crippen LogP contribution in [0.15, 0.2) is 83.1 Å². The van der Waals surface area contributed by atoms with Crippen LogP contribution in [0.25, 0.3) is 5.70 Å². The van der Waals surface area contributed by atoms with Crippen LogP contribution in [0.3, 0.4) is 0 Å². The van der Waals surface area contributed by atoms with E-state index in [0.29, 0.717) is 11.0 Å². The Kier molecular flexibility index (Phi) is 4.89. The Morgan fingerprint density at radius 3 is 2.55 bits per heavy atom. The lowest BCUT2D eigenvalue weighted by molar-refractivity contribution is 0.223. The van der Waals surface area contributed by atoms with E-state index < -0.39 is 0 Å². The maximum absolute atomic E-state index is 6.61. The highest BCUT2D eigenvalue weighted by Crippen LogP contribution is 2.51. The number of methoxy groups -OCH3 is 1. The molecule has 0 fully saturated rings. The first-order chi connectivity index (χ1) is 16.1. The van der Waals surface area contributed by atoms with Crippen LogP contribution in [0.4, 0.5) is 5.95 Å². The average Bonchev–Trinajstić information content (AvgIpc) is 3.31. The zero-order valence-corrected chi connectivity index (χ0v) is 19.8. The lowest BCUT2D eigenvalue weighted by atomic mass is 9.84. The summed E-state index contributed by atoms with van der Waals surface area (Å²) in [6.07, 6.45) is 1.23. The number of aromatic nitrogens is 3. The fraction of sp³-hybridized carbons (Fsp3) is 0.120.